The number of nitrogens with zero attached hydrogens (tertiary/aromatic N) is 1. The van der Waals surface area contributed by atoms with Gasteiger partial charge >= 0.3 is 0 Å². The molecule has 0 N–H and O–H groups in total. The lowest BCUT2D eigenvalue weighted by Crippen LogP contribution is -2.34. The van der Waals surface area contributed by atoms with Gasteiger partial charge in [-0.3, -0.25) is 9.59 Å². The van der Waals surface area contributed by atoms with Crippen LogP contribution >= 0.6 is 0 Å². The van der Waals surface area contributed by atoms with Gasteiger partial charge < -0.3 is 4.90 Å². The lowest BCUT2D eigenvalue weighted by atomic mass is 10.1. The molecule has 0 bridgehead atoms. The van der Waals surface area contributed by atoms with E-state index in [1.54, 1.807) is 11.8 Å². The number of hydrogen-bond donors (Lipinski definition) is 0. The molecule has 1 heterocycles. The maximum absolute atomic E-state index is 11.9. The van der Waals surface area contributed by atoms with Crippen LogP contribution < -0.4 is 0 Å². The second-order valence-corrected chi connectivity index (χ2v) is 4.44. The van der Waals surface area contributed by atoms with E-state index in [1.807, 2.05) is 44.2 Å². The van der Waals surface area contributed by atoms with E-state index in [2.05, 4.69) is 0 Å². The van der Waals surface area contributed by atoms with Crippen molar-refractivity contribution in [3.8, 4) is 0 Å². The molecule has 0 fully saturated rings. The number of amides is 1. The predicted octanol–water partition coefficient (Wildman–Crippen LogP) is 2.24. The summed E-state index contributed by atoms with van der Waals surface area (Å²) in [5.74, 6) is -0.811. The first-order valence-electron chi connectivity index (χ1n) is 5.68. The van der Waals surface area contributed by atoms with Crippen molar-refractivity contribution in [3.05, 3.63) is 41.5 Å². The summed E-state index contributed by atoms with van der Waals surface area (Å²) in [5, 5.41) is 0. The minimum Gasteiger partial charge on any atom is -0.302 e. The fourth-order valence-electron chi connectivity index (χ4n) is 2.10. The summed E-state index contributed by atoms with van der Waals surface area (Å²) in [4.78, 5) is 25.2. The van der Waals surface area contributed by atoms with Gasteiger partial charge in [-0.2, -0.15) is 0 Å². The molecule has 0 spiro atoms. The highest BCUT2D eigenvalue weighted by Gasteiger charge is 2.37. The molecule has 1 aromatic carbocycles. The third-order valence-corrected chi connectivity index (χ3v) is 2.91. The Kier molecular flexibility index (Phi) is 2.84. The van der Waals surface area contributed by atoms with Gasteiger partial charge in [0.2, 0.25) is 5.78 Å². The highest BCUT2D eigenvalue weighted by Crippen LogP contribution is 2.31. The van der Waals surface area contributed by atoms with E-state index in [-0.39, 0.29) is 6.04 Å². The molecule has 17 heavy (non-hydrogen) atoms. The van der Waals surface area contributed by atoms with E-state index < -0.39 is 11.7 Å². The molecule has 2 rings (SSSR count). The normalized spacial score (nSPS) is 16.4. The average Bonchev–Trinajstić information content (AvgIpc) is 2.55. The molecule has 88 valence electrons. The maximum atomic E-state index is 11.9. The Labute approximate surface area is 101 Å². The van der Waals surface area contributed by atoms with Gasteiger partial charge in [0.15, 0.2) is 0 Å². The Bertz CT molecular complexity index is 500. The standard InChI is InChI=1S/C14H15NO2/c1-9(2)15-12(10(3)13(16)14(15)17)11-7-5-4-6-8-11/h4-9H,1-3H3. The molecule has 3 nitrogen and oxygen atoms in total. The Morgan fingerprint density at radius 3 is 2.18 bits per heavy atom. The third kappa shape index (κ3) is 1.78. The zero-order chi connectivity index (χ0) is 12.6. The number of carbonyl (C=O) groups is 2. The van der Waals surface area contributed by atoms with Crippen molar-refractivity contribution in [2.45, 2.75) is 26.8 Å². The van der Waals surface area contributed by atoms with Crippen LogP contribution in [0, 0.1) is 0 Å². The molecule has 1 aliphatic rings. The third-order valence-electron chi connectivity index (χ3n) is 2.91. The lowest BCUT2D eigenvalue weighted by molar-refractivity contribution is -0.139. The minimum atomic E-state index is -0.420. The summed E-state index contributed by atoms with van der Waals surface area (Å²) >= 11 is 0. The first kappa shape index (κ1) is 11.6. The molecule has 0 aromatic heterocycles. The van der Waals surface area contributed by atoms with Crippen LogP contribution in [0.1, 0.15) is 26.3 Å². The fourth-order valence-corrected chi connectivity index (χ4v) is 2.10. The summed E-state index contributed by atoms with van der Waals surface area (Å²) in [6, 6.07) is 9.54. The van der Waals surface area contributed by atoms with Crippen molar-refractivity contribution in [1.82, 2.24) is 4.90 Å². The van der Waals surface area contributed by atoms with Gasteiger partial charge in [0.1, 0.15) is 0 Å². The molecule has 1 amide bonds. The van der Waals surface area contributed by atoms with Crippen molar-refractivity contribution in [3.63, 3.8) is 0 Å². The average molecular weight is 229 g/mol. The SMILES string of the molecule is CC1=C(c2ccccc2)N(C(C)C)C(=O)C1=O. The molecule has 0 saturated carbocycles. The number of benzene rings is 1. The summed E-state index contributed by atoms with van der Waals surface area (Å²) in [5.41, 5.74) is 2.20. The smallest absolute Gasteiger partial charge is 0.299 e. The van der Waals surface area contributed by atoms with Crippen molar-refractivity contribution in [1.29, 1.82) is 0 Å². The van der Waals surface area contributed by atoms with Gasteiger partial charge in [-0.15, -0.1) is 0 Å². The first-order valence-corrected chi connectivity index (χ1v) is 5.68. The Hall–Kier alpha value is -1.90. The van der Waals surface area contributed by atoms with Gasteiger partial charge in [-0.05, 0) is 26.3 Å². The fraction of sp³-hybridized carbons (Fsp3) is 0.286. The number of hydrogen-bond acceptors (Lipinski definition) is 2. The van der Waals surface area contributed by atoms with Gasteiger partial charge in [0.05, 0.1) is 5.70 Å². The van der Waals surface area contributed by atoms with Crippen LogP contribution in [-0.2, 0) is 9.59 Å². The van der Waals surface area contributed by atoms with Crippen LogP contribution in [0.15, 0.2) is 35.9 Å². The maximum Gasteiger partial charge on any atom is 0.299 e. The molecular formula is C14H15NO2. The number of ketones is 1. The molecule has 0 unspecified atom stereocenters. The second kappa shape index (κ2) is 4.17. The Morgan fingerprint density at radius 2 is 1.65 bits per heavy atom. The van der Waals surface area contributed by atoms with Crippen LogP contribution in [0.5, 0.6) is 0 Å². The van der Waals surface area contributed by atoms with Crippen LogP contribution in [0.3, 0.4) is 0 Å². The molecule has 3 heteroatoms. The van der Waals surface area contributed by atoms with E-state index >= 15 is 0 Å². The Morgan fingerprint density at radius 1 is 1.06 bits per heavy atom. The van der Waals surface area contributed by atoms with Gasteiger partial charge in [-0.1, -0.05) is 30.3 Å². The number of carbonyl (C=O) groups excluding carboxylic acids is 2. The molecule has 1 aromatic rings. The van der Waals surface area contributed by atoms with Crippen molar-refractivity contribution >= 4 is 17.4 Å². The summed E-state index contributed by atoms with van der Waals surface area (Å²) in [7, 11) is 0. The quantitative estimate of drug-likeness (QED) is 0.729. The van der Waals surface area contributed by atoms with Gasteiger partial charge in [-0.25, -0.2) is 0 Å². The zero-order valence-corrected chi connectivity index (χ0v) is 10.2. The first-order chi connectivity index (χ1) is 8.04. The predicted molar refractivity (Wildman–Crippen MR) is 66.0 cm³/mol. The molecule has 0 saturated heterocycles. The van der Waals surface area contributed by atoms with Crippen LogP contribution in [0.2, 0.25) is 0 Å². The van der Waals surface area contributed by atoms with Crippen molar-refractivity contribution < 1.29 is 9.59 Å². The zero-order valence-electron chi connectivity index (χ0n) is 10.2. The highest BCUT2D eigenvalue weighted by atomic mass is 16.2. The van der Waals surface area contributed by atoms with E-state index in [9.17, 15) is 9.59 Å². The van der Waals surface area contributed by atoms with E-state index in [0.29, 0.717) is 5.57 Å². The molecular weight excluding hydrogens is 214 g/mol. The number of Topliss-reactive ketones (excluding diaryl/α,β-unsaturated/α-hetero) is 1. The lowest BCUT2D eigenvalue weighted by Gasteiger charge is -2.24. The van der Waals surface area contributed by atoms with E-state index in [0.717, 1.165) is 11.3 Å². The van der Waals surface area contributed by atoms with E-state index in [4.69, 9.17) is 0 Å². The van der Waals surface area contributed by atoms with Crippen LogP contribution in [0.4, 0.5) is 0 Å². The topological polar surface area (TPSA) is 37.4 Å². The van der Waals surface area contributed by atoms with Crippen molar-refractivity contribution in [2.75, 3.05) is 0 Å². The molecule has 0 aliphatic carbocycles. The summed E-state index contributed by atoms with van der Waals surface area (Å²) in [6.45, 7) is 5.53. The minimum absolute atomic E-state index is 0.0147. The van der Waals surface area contributed by atoms with Crippen molar-refractivity contribution in [2.24, 2.45) is 0 Å². The molecule has 1 aliphatic heterocycles. The van der Waals surface area contributed by atoms with Crippen LogP contribution in [-0.4, -0.2) is 22.6 Å². The Balaban J connectivity index is 2.56. The molecule has 0 atom stereocenters. The summed E-state index contributed by atoms with van der Waals surface area (Å²) in [6.07, 6.45) is 0. The molecule has 0 radical (unpaired) electrons. The highest BCUT2D eigenvalue weighted by molar-refractivity contribution is 6.48. The largest absolute Gasteiger partial charge is 0.302 e. The van der Waals surface area contributed by atoms with Gasteiger partial charge in [0, 0.05) is 11.6 Å². The number of rotatable bonds is 2. The monoisotopic (exact) mass is 229 g/mol. The van der Waals surface area contributed by atoms with E-state index in [1.165, 1.54) is 0 Å². The van der Waals surface area contributed by atoms with Gasteiger partial charge in [0.25, 0.3) is 5.91 Å². The second-order valence-electron chi connectivity index (χ2n) is 4.44. The van der Waals surface area contributed by atoms with Crippen LogP contribution in [0.25, 0.3) is 5.70 Å². The summed E-state index contributed by atoms with van der Waals surface area (Å²) < 4.78 is 0.